The number of piperidine rings is 2. The first-order chi connectivity index (χ1) is 7.34. The van der Waals surface area contributed by atoms with Crippen LogP contribution in [-0.2, 0) is 4.74 Å². The summed E-state index contributed by atoms with van der Waals surface area (Å²) >= 11 is 0. The SMILES string of the molecule is CC(C)(C)OC(=O)N1CC2CC(CO)(C2)C1. The summed E-state index contributed by atoms with van der Waals surface area (Å²) in [5, 5.41) is 9.34. The van der Waals surface area contributed by atoms with E-state index in [0.29, 0.717) is 12.5 Å². The predicted octanol–water partition coefficient (Wildman–Crippen LogP) is 1.63. The smallest absolute Gasteiger partial charge is 0.410 e. The highest BCUT2D eigenvalue weighted by atomic mass is 16.6. The molecule has 0 atom stereocenters. The molecule has 2 saturated heterocycles. The van der Waals surface area contributed by atoms with E-state index >= 15 is 0 Å². The van der Waals surface area contributed by atoms with Crippen molar-refractivity contribution in [2.24, 2.45) is 11.3 Å². The molecular weight excluding hydrogens is 206 g/mol. The van der Waals surface area contributed by atoms with Gasteiger partial charge in [-0.25, -0.2) is 4.79 Å². The van der Waals surface area contributed by atoms with Crippen LogP contribution in [0.1, 0.15) is 33.6 Å². The summed E-state index contributed by atoms with van der Waals surface area (Å²) in [6.45, 7) is 7.24. The Labute approximate surface area is 96.6 Å². The van der Waals surface area contributed by atoms with Crippen LogP contribution in [0.4, 0.5) is 4.79 Å². The van der Waals surface area contributed by atoms with E-state index in [1.165, 1.54) is 0 Å². The Bertz CT molecular complexity index is 289. The Morgan fingerprint density at radius 3 is 2.62 bits per heavy atom. The van der Waals surface area contributed by atoms with Crippen molar-refractivity contribution < 1.29 is 14.6 Å². The fourth-order valence-corrected chi connectivity index (χ4v) is 2.85. The summed E-state index contributed by atoms with van der Waals surface area (Å²) in [7, 11) is 0. The van der Waals surface area contributed by atoms with E-state index in [-0.39, 0.29) is 18.1 Å². The number of amides is 1. The predicted molar refractivity (Wildman–Crippen MR) is 60.0 cm³/mol. The van der Waals surface area contributed by atoms with E-state index in [0.717, 1.165) is 19.4 Å². The maximum atomic E-state index is 11.9. The van der Waals surface area contributed by atoms with Crippen LogP contribution >= 0.6 is 0 Å². The minimum absolute atomic E-state index is 0.0280. The fraction of sp³-hybridized carbons (Fsp3) is 0.917. The molecule has 16 heavy (non-hydrogen) atoms. The molecule has 0 unspecified atom stereocenters. The topological polar surface area (TPSA) is 49.8 Å². The highest BCUT2D eigenvalue weighted by Gasteiger charge is 2.51. The van der Waals surface area contributed by atoms with Crippen molar-refractivity contribution in [3.63, 3.8) is 0 Å². The van der Waals surface area contributed by atoms with Gasteiger partial charge >= 0.3 is 6.09 Å². The second kappa shape index (κ2) is 3.62. The van der Waals surface area contributed by atoms with Gasteiger partial charge in [0.25, 0.3) is 0 Å². The summed E-state index contributed by atoms with van der Waals surface area (Å²) < 4.78 is 5.34. The number of nitrogens with zero attached hydrogens (tertiary/aromatic N) is 1. The largest absolute Gasteiger partial charge is 0.444 e. The second-order valence-electron chi connectivity index (χ2n) is 6.29. The Hall–Kier alpha value is -0.770. The molecule has 2 bridgehead atoms. The zero-order valence-corrected chi connectivity index (χ0v) is 10.3. The standard InChI is InChI=1S/C12H21NO3/c1-11(2,3)16-10(15)13-6-9-4-12(5-9,7-13)8-14/h9,14H,4-8H2,1-3H3. The van der Waals surface area contributed by atoms with E-state index < -0.39 is 5.60 Å². The molecule has 0 spiro atoms. The van der Waals surface area contributed by atoms with E-state index in [1.807, 2.05) is 20.8 Å². The number of hydrogen-bond acceptors (Lipinski definition) is 3. The number of fused-ring (bicyclic) bond motifs is 2. The van der Waals surface area contributed by atoms with Crippen LogP contribution < -0.4 is 0 Å². The van der Waals surface area contributed by atoms with Gasteiger partial charge in [-0.15, -0.1) is 0 Å². The average Bonchev–Trinajstić information content (AvgIpc) is 2.14. The van der Waals surface area contributed by atoms with E-state index in [9.17, 15) is 9.90 Å². The summed E-state index contributed by atoms with van der Waals surface area (Å²) in [4.78, 5) is 13.6. The van der Waals surface area contributed by atoms with Crippen LogP contribution in [0.15, 0.2) is 0 Å². The molecule has 1 saturated carbocycles. The van der Waals surface area contributed by atoms with Gasteiger partial charge in [0.15, 0.2) is 0 Å². The lowest BCUT2D eigenvalue weighted by atomic mass is 9.59. The third-order valence-corrected chi connectivity index (χ3v) is 3.44. The van der Waals surface area contributed by atoms with Gasteiger partial charge in [-0.05, 0) is 39.5 Å². The molecule has 3 fully saturated rings. The number of aliphatic hydroxyl groups is 1. The summed E-state index contributed by atoms with van der Waals surface area (Å²) in [6, 6.07) is 0. The summed E-state index contributed by atoms with van der Waals surface area (Å²) in [5.41, 5.74) is -0.467. The molecule has 4 nitrogen and oxygen atoms in total. The van der Waals surface area contributed by atoms with Crippen molar-refractivity contribution in [2.45, 2.75) is 39.2 Å². The number of ether oxygens (including phenoxy) is 1. The number of hydrogen-bond donors (Lipinski definition) is 1. The lowest BCUT2D eigenvalue weighted by Gasteiger charge is -2.55. The van der Waals surface area contributed by atoms with Crippen LogP contribution in [-0.4, -0.2) is 41.4 Å². The molecule has 2 aliphatic heterocycles. The molecule has 92 valence electrons. The van der Waals surface area contributed by atoms with Crippen LogP contribution in [0, 0.1) is 11.3 Å². The van der Waals surface area contributed by atoms with Gasteiger partial charge in [0, 0.05) is 18.5 Å². The van der Waals surface area contributed by atoms with Gasteiger partial charge < -0.3 is 14.7 Å². The highest BCUT2D eigenvalue weighted by Crippen LogP contribution is 2.50. The highest BCUT2D eigenvalue weighted by molar-refractivity contribution is 5.68. The molecular formula is C12H21NO3. The summed E-state index contributed by atoms with van der Waals surface area (Å²) in [5.74, 6) is 0.563. The molecule has 2 heterocycles. The van der Waals surface area contributed by atoms with Crippen LogP contribution in [0.3, 0.4) is 0 Å². The lowest BCUT2D eigenvalue weighted by Crippen LogP contribution is -2.59. The normalized spacial score (nSPS) is 33.2. The van der Waals surface area contributed by atoms with Crippen molar-refractivity contribution in [3.8, 4) is 0 Å². The van der Waals surface area contributed by atoms with Gasteiger partial charge in [-0.1, -0.05) is 0 Å². The molecule has 0 aromatic rings. The molecule has 1 amide bonds. The Kier molecular flexibility index (Phi) is 2.65. The van der Waals surface area contributed by atoms with Crippen LogP contribution in [0.25, 0.3) is 0 Å². The lowest BCUT2D eigenvalue weighted by molar-refractivity contribution is -0.0922. The first kappa shape index (κ1) is 11.7. The van der Waals surface area contributed by atoms with Crippen molar-refractivity contribution in [1.82, 2.24) is 4.90 Å². The maximum Gasteiger partial charge on any atom is 0.410 e. The number of aliphatic hydroxyl groups excluding tert-OH is 1. The van der Waals surface area contributed by atoms with E-state index in [1.54, 1.807) is 4.90 Å². The molecule has 0 aromatic carbocycles. The summed E-state index contributed by atoms with van der Waals surface area (Å²) in [6.07, 6.45) is 1.88. The number of carbonyl (C=O) groups is 1. The fourth-order valence-electron chi connectivity index (χ4n) is 2.85. The maximum absolute atomic E-state index is 11.9. The Balaban J connectivity index is 1.94. The van der Waals surface area contributed by atoms with E-state index in [4.69, 9.17) is 4.74 Å². The average molecular weight is 227 g/mol. The van der Waals surface area contributed by atoms with Crippen molar-refractivity contribution >= 4 is 6.09 Å². The molecule has 3 rings (SSSR count). The van der Waals surface area contributed by atoms with Crippen molar-refractivity contribution in [3.05, 3.63) is 0 Å². The van der Waals surface area contributed by atoms with Gasteiger partial charge in [0.2, 0.25) is 0 Å². The zero-order valence-electron chi connectivity index (χ0n) is 10.3. The Morgan fingerprint density at radius 2 is 2.12 bits per heavy atom. The van der Waals surface area contributed by atoms with Gasteiger partial charge in [-0.3, -0.25) is 0 Å². The minimum atomic E-state index is -0.439. The van der Waals surface area contributed by atoms with Crippen LogP contribution in [0.5, 0.6) is 0 Å². The molecule has 4 heteroatoms. The minimum Gasteiger partial charge on any atom is -0.444 e. The van der Waals surface area contributed by atoms with Gasteiger partial charge in [-0.2, -0.15) is 0 Å². The number of rotatable bonds is 1. The number of carbonyl (C=O) groups excluding carboxylic acids is 1. The quantitative estimate of drug-likeness (QED) is 0.740. The molecule has 0 aromatic heterocycles. The third-order valence-electron chi connectivity index (χ3n) is 3.44. The van der Waals surface area contributed by atoms with Gasteiger partial charge in [0.1, 0.15) is 5.60 Å². The molecule has 1 aliphatic carbocycles. The van der Waals surface area contributed by atoms with Crippen LogP contribution in [0.2, 0.25) is 0 Å². The van der Waals surface area contributed by atoms with Crippen molar-refractivity contribution in [2.75, 3.05) is 19.7 Å². The Morgan fingerprint density at radius 1 is 1.50 bits per heavy atom. The zero-order chi connectivity index (χ0) is 12.0. The van der Waals surface area contributed by atoms with Gasteiger partial charge in [0.05, 0.1) is 6.61 Å². The molecule has 3 aliphatic rings. The second-order valence-corrected chi connectivity index (χ2v) is 6.29. The third kappa shape index (κ3) is 2.17. The molecule has 1 N–H and O–H groups in total. The monoisotopic (exact) mass is 227 g/mol. The first-order valence-electron chi connectivity index (χ1n) is 5.92. The van der Waals surface area contributed by atoms with Crippen molar-refractivity contribution in [1.29, 1.82) is 0 Å². The van der Waals surface area contributed by atoms with E-state index in [2.05, 4.69) is 0 Å². The first-order valence-corrected chi connectivity index (χ1v) is 5.92. The molecule has 0 radical (unpaired) electrons.